The van der Waals surface area contributed by atoms with E-state index in [2.05, 4.69) is 12.2 Å². The summed E-state index contributed by atoms with van der Waals surface area (Å²) in [6, 6.07) is 5.82. The van der Waals surface area contributed by atoms with Crippen LogP contribution in [0.2, 0.25) is 0 Å². The van der Waals surface area contributed by atoms with Crippen molar-refractivity contribution in [1.29, 1.82) is 0 Å². The van der Waals surface area contributed by atoms with Crippen molar-refractivity contribution in [3.05, 3.63) is 23.8 Å². The second kappa shape index (κ2) is 3.88. The summed E-state index contributed by atoms with van der Waals surface area (Å²) < 4.78 is 5.84. The summed E-state index contributed by atoms with van der Waals surface area (Å²) in [6.07, 6.45) is 1.30. The van der Waals surface area contributed by atoms with E-state index in [1.54, 1.807) is 0 Å². The fourth-order valence-electron chi connectivity index (χ4n) is 1.67. The zero-order valence-corrected chi connectivity index (χ0v) is 8.42. The first-order valence-electron chi connectivity index (χ1n) is 5.05. The Bertz CT molecular complexity index is 325. The van der Waals surface area contributed by atoms with Crippen LogP contribution in [0.5, 0.6) is 5.75 Å². The van der Waals surface area contributed by atoms with Gasteiger partial charge in [0.05, 0.1) is 0 Å². The number of anilines is 1. The number of benzene rings is 1. The molecule has 2 rings (SSSR count). The zero-order chi connectivity index (χ0) is 9.97. The molecule has 1 atom stereocenters. The van der Waals surface area contributed by atoms with E-state index in [-0.39, 0.29) is 6.10 Å². The van der Waals surface area contributed by atoms with Crippen LogP contribution >= 0.6 is 0 Å². The summed E-state index contributed by atoms with van der Waals surface area (Å²) in [5.74, 6) is 0.969. The molecule has 1 unspecified atom stereocenters. The van der Waals surface area contributed by atoms with Crippen molar-refractivity contribution in [1.82, 2.24) is 5.32 Å². The smallest absolute Gasteiger partial charge is 0.124 e. The Morgan fingerprint density at radius 3 is 3.21 bits per heavy atom. The predicted octanol–water partition coefficient (Wildman–Crippen LogP) is 1.53. The maximum absolute atomic E-state index is 5.84. The summed E-state index contributed by atoms with van der Waals surface area (Å²) in [7, 11) is 0. The van der Waals surface area contributed by atoms with Crippen molar-refractivity contribution in [2.75, 3.05) is 12.3 Å². The largest absolute Gasteiger partial charge is 0.489 e. The van der Waals surface area contributed by atoms with Crippen molar-refractivity contribution in [3.8, 4) is 5.75 Å². The topological polar surface area (TPSA) is 47.3 Å². The van der Waals surface area contributed by atoms with E-state index in [0.717, 1.165) is 36.5 Å². The summed E-state index contributed by atoms with van der Waals surface area (Å²) in [5.41, 5.74) is 7.67. The van der Waals surface area contributed by atoms with Crippen LogP contribution in [0.4, 0.5) is 5.69 Å². The molecule has 1 aromatic rings. The summed E-state index contributed by atoms with van der Waals surface area (Å²) in [6.45, 7) is 3.89. The molecule has 0 aromatic heterocycles. The van der Waals surface area contributed by atoms with Crippen LogP contribution in [0.25, 0.3) is 0 Å². The minimum Gasteiger partial charge on any atom is -0.489 e. The van der Waals surface area contributed by atoms with Crippen LogP contribution in [0, 0.1) is 0 Å². The number of ether oxygens (including phenoxy) is 1. The number of nitrogen functional groups attached to an aromatic ring is 1. The van der Waals surface area contributed by atoms with E-state index < -0.39 is 0 Å². The van der Waals surface area contributed by atoms with Gasteiger partial charge in [-0.1, -0.05) is 6.92 Å². The minimum atomic E-state index is 0.278. The van der Waals surface area contributed by atoms with Gasteiger partial charge in [0.15, 0.2) is 0 Å². The molecule has 0 saturated heterocycles. The predicted molar refractivity (Wildman–Crippen MR) is 57.3 cm³/mol. The van der Waals surface area contributed by atoms with Gasteiger partial charge in [0, 0.05) is 24.3 Å². The van der Waals surface area contributed by atoms with Gasteiger partial charge in [0.2, 0.25) is 0 Å². The third kappa shape index (κ3) is 1.82. The normalized spacial score (nSPS) is 20.8. The quantitative estimate of drug-likeness (QED) is 0.663. The number of nitrogens with one attached hydrogen (secondary N) is 1. The SMILES string of the molecule is CCC1CNCc2cc(N)ccc2O1. The third-order valence-electron chi connectivity index (χ3n) is 2.52. The maximum atomic E-state index is 5.84. The van der Waals surface area contributed by atoms with Crippen LogP contribution in [-0.2, 0) is 6.54 Å². The Hall–Kier alpha value is -1.22. The lowest BCUT2D eigenvalue weighted by molar-refractivity contribution is 0.202. The number of rotatable bonds is 1. The molecular weight excluding hydrogens is 176 g/mol. The second-order valence-electron chi connectivity index (χ2n) is 3.65. The molecule has 0 radical (unpaired) electrons. The Balaban J connectivity index is 2.27. The molecule has 3 nitrogen and oxygen atoms in total. The molecule has 76 valence electrons. The molecule has 0 bridgehead atoms. The van der Waals surface area contributed by atoms with Gasteiger partial charge in [0.25, 0.3) is 0 Å². The summed E-state index contributed by atoms with van der Waals surface area (Å²) >= 11 is 0. The van der Waals surface area contributed by atoms with E-state index in [0.29, 0.717) is 0 Å². The first-order valence-corrected chi connectivity index (χ1v) is 5.05. The van der Waals surface area contributed by atoms with Crippen LogP contribution in [-0.4, -0.2) is 12.6 Å². The van der Waals surface area contributed by atoms with Crippen molar-refractivity contribution < 1.29 is 4.74 Å². The number of hydrogen-bond acceptors (Lipinski definition) is 3. The van der Waals surface area contributed by atoms with Crippen molar-refractivity contribution in [2.24, 2.45) is 0 Å². The van der Waals surface area contributed by atoms with E-state index in [1.807, 2.05) is 18.2 Å². The van der Waals surface area contributed by atoms with Gasteiger partial charge in [-0.2, -0.15) is 0 Å². The minimum absolute atomic E-state index is 0.278. The van der Waals surface area contributed by atoms with E-state index in [4.69, 9.17) is 10.5 Å². The molecule has 1 aliphatic heterocycles. The standard InChI is InChI=1S/C11H16N2O/c1-2-10-7-13-6-8-5-9(12)3-4-11(8)14-10/h3-5,10,13H,2,6-7,12H2,1H3. The van der Waals surface area contributed by atoms with Gasteiger partial charge in [-0.05, 0) is 24.6 Å². The molecule has 0 saturated carbocycles. The molecule has 0 spiro atoms. The Labute approximate surface area is 84.3 Å². The lowest BCUT2D eigenvalue weighted by Crippen LogP contribution is -2.27. The molecule has 14 heavy (non-hydrogen) atoms. The lowest BCUT2D eigenvalue weighted by Gasteiger charge is -2.14. The highest BCUT2D eigenvalue weighted by Crippen LogP contribution is 2.24. The highest BCUT2D eigenvalue weighted by Gasteiger charge is 2.15. The van der Waals surface area contributed by atoms with Crippen molar-refractivity contribution in [2.45, 2.75) is 26.0 Å². The molecule has 0 amide bonds. The average molecular weight is 192 g/mol. The molecule has 0 fully saturated rings. The summed E-state index contributed by atoms with van der Waals surface area (Å²) in [5, 5.41) is 3.35. The van der Waals surface area contributed by atoms with Crippen LogP contribution in [0.15, 0.2) is 18.2 Å². The van der Waals surface area contributed by atoms with Gasteiger partial charge in [0.1, 0.15) is 11.9 Å². The van der Waals surface area contributed by atoms with E-state index in [1.165, 1.54) is 0 Å². The lowest BCUT2D eigenvalue weighted by atomic mass is 10.2. The molecular formula is C11H16N2O. The van der Waals surface area contributed by atoms with Gasteiger partial charge in [-0.15, -0.1) is 0 Å². The number of hydrogen-bond donors (Lipinski definition) is 2. The van der Waals surface area contributed by atoms with Gasteiger partial charge in [-0.3, -0.25) is 0 Å². The highest BCUT2D eigenvalue weighted by atomic mass is 16.5. The second-order valence-corrected chi connectivity index (χ2v) is 3.65. The Morgan fingerprint density at radius 2 is 2.43 bits per heavy atom. The van der Waals surface area contributed by atoms with Gasteiger partial charge in [-0.25, -0.2) is 0 Å². The molecule has 0 aliphatic carbocycles. The fraction of sp³-hybridized carbons (Fsp3) is 0.455. The third-order valence-corrected chi connectivity index (χ3v) is 2.52. The van der Waals surface area contributed by atoms with Crippen LogP contribution in [0.1, 0.15) is 18.9 Å². The number of fused-ring (bicyclic) bond motifs is 1. The average Bonchev–Trinajstić information content (AvgIpc) is 2.38. The van der Waals surface area contributed by atoms with Crippen molar-refractivity contribution in [3.63, 3.8) is 0 Å². The van der Waals surface area contributed by atoms with Crippen LogP contribution < -0.4 is 15.8 Å². The molecule has 1 aromatic carbocycles. The van der Waals surface area contributed by atoms with E-state index in [9.17, 15) is 0 Å². The number of nitrogens with two attached hydrogens (primary N) is 1. The Morgan fingerprint density at radius 1 is 1.57 bits per heavy atom. The molecule has 3 N–H and O–H groups in total. The maximum Gasteiger partial charge on any atom is 0.124 e. The summed E-state index contributed by atoms with van der Waals surface area (Å²) in [4.78, 5) is 0. The van der Waals surface area contributed by atoms with E-state index >= 15 is 0 Å². The fourth-order valence-corrected chi connectivity index (χ4v) is 1.67. The first kappa shape index (κ1) is 9.34. The van der Waals surface area contributed by atoms with Crippen molar-refractivity contribution >= 4 is 5.69 Å². The molecule has 3 heteroatoms. The highest BCUT2D eigenvalue weighted by molar-refractivity contribution is 5.48. The van der Waals surface area contributed by atoms with Gasteiger partial charge < -0.3 is 15.8 Å². The molecule has 1 heterocycles. The zero-order valence-electron chi connectivity index (χ0n) is 8.42. The van der Waals surface area contributed by atoms with Gasteiger partial charge >= 0.3 is 0 Å². The first-order chi connectivity index (χ1) is 6.79. The Kier molecular flexibility index (Phi) is 2.59. The monoisotopic (exact) mass is 192 g/mol. The molecule has 1 aliphatic rings. The van der Waals surface area contributed by atoms with Crippen LogP contribution in [0.3, 0.4) is 0 Å².